The van der Waals surface area contributed by atoms with Gasteiger partial charge in [0.25, 0.3) is 0 Å². The average Bonchev–Trinajstić information content (AvgIpc) is 2.08. The summed E-state index contributed by atoms with van der Waals surface area (Å²) in [7, 11) is 0. The summed E-state index contributed by atoms with van der Waals surface area (Å²) < 4.78 is 0. The van der Waals surface area contributed by atoms with Gasteiger partial charge in [-0.2, -0.15) is 0 Å². The molecule has 0 saturated heterocycles. The molecule has 0 fully saturated rings. The third-order valence-electron chi connectivity index (χ3n) is 1.67. The molecule has 1 aromatic heterocycles. The van der Waals surface area contributed by atoms with Crippen LogP contribution >= 0.6 is 23.2 Å². The average molecular weight is 235 g/mol. The Hall–Kier alpha value is -0.840. The molecule has 0 radical (unpaired) electrons. The van der Waals surface area contributed by atoms with E-state index in [-0.39, 0.29) is 16.6 Å². The first-order valence-electron chi connectivity index (χ1n) is 3.79. The van der Waals surface area contributed by atoms with Gasteiger partial charge in [-0.15, -0.1) is 0 Å². The van der Waals surface area contributed by atoms with Crippen LogP contribution in [0.15, 0.2) is 12.3 Å². The number of pyridine rings is 1. The number of halogens is 2. The minimum Gasteiger partial charge on any atom is -0.481 e. The van der Waals surface area contributed by atoms with Gasteiger partial charge in [-0.3, -0.25) is 4.79 Å². The van der Waals surface area contributed by atoms with Crippen LogP contribution in [0.25, 0.3) is 0 Å². The van der Waals surface area contributed by atoms with Crippen LogP contribution in [0, 0.1) is 0 Å². The fraction of sp³-hybridized carbons (Fsp3) is 0.250. The Bertz CT molecular complexity index is 357. The second-order valence-electron chi connectivity index (χ2n) is 2.71. The minimum absolute atomic E-state index is 0.130. The lowest BCUT2D eigenvalue weighted by Crippen LogP contribution is -2.15. The molecule has 1 rings (SSSR count). The van der Waals surface area contributed by atoms with Crippen molar-refractivity contribution in [2.24, 2.45) is 5.73 Å². The van der Waals surface area contributed by atoms with Crippen LogP contribution in [0.2, 0.25) is 10.2 Å². The summed E-state index contributed by atoms with van der Waals surface area (Å²) in [5, 5.41) is 8.87. The quantitative estimate of drug-likeness (QED) is 0.784. The van der Waals surface area contributed by atoms with Crippen LogP contribution in [0.4, 0.5) is 0 Å². The highest BCUT2D eigenvalue weighted by molar-refractivity contribution is 6.41. The van der Waals surface area contributed by atoms with E-state index in [1.165, 1.54) is 6.20 Å². The van der Waals surface area contributed by atoms with Gasteiger partial charge in [0, 0.05) is 12.2 Å². The maximum atomic E-state index is 10.4. The third kappa shape index (κ3) is 2.57. The SMILES string of the molecule is N[C@@H](CC(=O)O)c1ccnc(Cl)c1Cl. The van der Waals surface area contributed by atoms with Crippen LogP contribution < -0.4 is 5.73 Å². The molecule has 0 aromatic carbocycles. The van der Waals surface area contributed by atoms with Crippen molar-refractivity contribution in [3.8, 4) is 0 Å². The summed E-state index contributed by atoms with van der Waals surface area (Å²) in [5.41, 5.74) is 6.11. The first-order chi connectivity index (χ1) is 6.52. The molecule has 14 heavy (non-hydrogen) atoms. The van der Waals surface area contributed by atoms with Gasteiger partial charge < -0.3 is 10.8 Å². The zero-order chi connectivity index (χ0) is 10.7. The zero-order valence-electron chi connectivity index (χ0n) is 7.08. The van der Waals surface area contributed by atoms with Crippen molar-refractivity contribution in [3.63, 3.8) is 0 Å². The highest BCUT2D eigenvalue weighted by Crippen LogP contribution is 2.28. The third-order valence-corrected chi connectivity index (χ3v) is 2.45. The number of nitrogens with two attached hydrogens (primary N) is 1. The molecule has 0 bridgehead atoms. The van der Waals surface area contributed by atoms with Crippen molar-refractivity contribution in [3.05, 3.63) is 28.0 Å². The van der Waals surface area contributed by atoms with E-state index in [1.54, 1.807) is 6.07 Å². The number of carbonyl (C=O) groups is 1. The molecule has 0 aliphatic rings. The number of aromatic nitrogens is 1. The van der Waals surface area contributed by atoms with Crippen LogP contribution in [-0.4, -0.2) is 16.1 Å². The molecule has 0 unspecified atom stereocenters. The zero-order valence-corrected chi connectivity index (χ0v) is 8.59. The molecule has 6 heteroatoms. The fourth-order valence-electron chi connectivity index (χ4n) is 1.02. The van der Waals surface area contributed by atoms with Crippen LogP contribution in [-0.2, 0) is 4.79 Å². The van der Waals surface area contributed by atoms with Crippen LogP contribution in [0.1, 0.15) is 18.0 Å². The minimum atomic E-state index is -0.985. The Kier molecular flexibility index (Phi) is 3.69. The summed E-state index contributed by atoms with van der Waals surface area (Å²) in [6.07, 6.45) is 1.24. The molecule has 0 saturated carbocycles. The van der Waals surface area contributed by atoms with Crippen molar-refractivity contribution in [1.29, 1.82) is 0 Å². The Balaban J connectivity index is 2.95. The Morgan fingerprint density at radius 2 is 2.29 bits per heavy atom. The lowest BCUT2D eigenvalue weighted by Gasteiger charge is -2.11. The molecule has 4 nitrogen and oxygen atoms in total. The highest BCUT2D eigenvalue weighted by atomic mass is 35.5. The molecule has 0 aliphatic carbocycles. The number of hydrogen-bond donors (Lipinski definition) is 2. The van der Waals surface area contributed by atoms with Gasteiger partial charge >= 0.3 is 5.97 Å². The van der Waals surface area contributed by atoms with Gasteiger partial charge in [0.1, 0.15) is 5.15 Å². The number of hydrogen-bond acceptors (Lipinski definition) is 3. The predicted octanol–water partition coefficient (Wildman–Crippen LogP) is 1.86. The van der Waals surface area contributed by atoms with Gasteiger partial charge in [-0.1, -0.05) is 23.2 Å². The lowest BCUT2D eigenvalue weighted by molar-refractivity contribution is -0.137. The number of aliphatic carboxylic acids is 1. The van der Waals surface area contributed by atoms with Crippen molar-refractivity contribution in [2.45, 2.75) is 12.5 Å². The van der Waals surface area contributed by atoms with Gasteiger partial charge in [-0.25, -0.2) is 4.98 Å². The van der Waals surface area contributed by atoms with Crippen molar-refractivity contribution >= 4 is 29.2 Å². The fourth-order valence-corrected chi connectivity index (χ4v) is 1.43. The van der Waals surface area contributed by atoms with Crippen molar-refractivity contribution < 1.29 is 9.90 Å². The molecule has 0 amide bonds. The molecule has 1 aromatic rings. The van der Waals surface area contributed by atoms with Crippen molar-refractivity contribution in [1.82, 2.24) is 4.98 Å². The topological polar surface area (TPSA) is 76.2 Å². The van der Waals surface area contributed by atoms with E-state index < -0.39 is 12.0 Å². The second-order valence-corrected chi connectivity index (χ2v) is 3.45. The van der Waals surface area contributed by atoms with Crippen LogP contribution in [0.5, 0.6) is 0 Å². The van der Waals surface area contributed by atoms with E-state index in [1.807, 2.05) is 0 Å². The predicted molar refractivity (Wildman–Crippen MR) is 53.4 cm³/mol. The first kappa shape index (κ1) is 11.2. The molecule has 0 aliphatic heterocycles. The summed E-state index contributed by atoms with van der Waals surface area (Å²) in [4.78, 5) is 14.1. The standard InChI is InChI=1S/C8H8Cl2N2O2/c9-7-4(1-2-12-8(7)10)5(11)3-6(13)14/h1-2,5H,3,11H2,(H,13,14)/t5-/m0/s1. The number of carboxylic acids is 1. The summed E-state index contributed by atoms with van der Waals surface area (Å²) >= 11 is 11.5. The van der Waals surface area contributed by atoms with E-state index >= 15 is 0 Å². The largest absolute Gasteiger partial charge is 0.481 e. The highest BCUT2D eigenvalue weighted by Gasteiger charge is 2.15. The monoisotopic (exact) mass is 234 g/mol. The van der Waals surface area contributed by atoms with Gasteiger partial charge in [0.15, 0.2) is 0 Å². The number of rotatable bonds is 3. The maximum absolute atomic E-state index is 10.4. The normalized spacial score (nSPS) is 12.5. The molecule has 3 N–H and O–H groups in total. The van der Waals surface area contributed by atoms with Gasteiger partial charge in [-0.05, 0) is 11.6 Å². The number of carboxylic acid groups (broad SMARTS) is 1. The van der Waals surface area contributed by atoms with Crippen LogP contribution in [0.3, 0.4) is 0 Å². The Morgan fingerprint density at radius 3 is 2.86 bits per heavy atom. The first-order valence-corrected chi connectivity index (χ1v) is 4.55. The molecule has 1 heterocycles. The number of nitrogens with zero attached hydrogens (tertiary/aromatic N) is 1. The van der Waals surface area contributed by atoms with Gasteiger partial charge in [0.05, 0.1) is 11.4 Å². The molecule has 0 spiro atoms. The maximum Gasteiger partial charge on any atom is 0.305 e. The van der Waals surface area contributed by atoms with E-state index in [4.69, 9.17) is 34.0 Å². The lowest BCUT2D eigenvalue weighted by atomic mass is 10.1. The summed E-state index contributed by atoms with van der Waals surface area (Å²) in [6, 6.07) is 0.891. The molecule has 76 valence electrons. The Morgan fingerprint density at radius 1 is 1.64 bits per heavy atom. The van der Waals surface area contributed by atoms with Gasteiger partial charge in [0.2, 0.25) is 0 Å². The second kappa shape index (κ2) is 4.59. The van der Waals surface area contributed by atoms with E-state index in [2.05, 4.69) is 4.98 Å². The summed E-state index contributed by atoms with van der Waals surface area (Å²) in [6.45, 7) is 0. The summed E-state index contributed by atoms with van der Waals surface area (Å²) in [5.74, 6) is -0.985. The van der Waals surface area contributed by atoms with Crippen molar-refractivity contribution in [2.75, 3.05) is 0 Å². The van der Waals surface area contributed by atoms with E-state index in [9.17, 15) is 4.79 Å². The van der Waals surface area contributed by atoms with E-state index in [0.29, 0.717) is 5.56 Å². The Labute approximate surface area is 90.6 Å². The molecular weight excluding hydrogens is 227 g/mol. The molecule has 1 atom stereocenters. The van der Waals surface area contributed by atoms with E-state index in [0.717, 1.165) is 0 Å². The smallest absolute Gasteiger partial charge is 0.305 e. The molecular formula is C8H8Cl2N2O2.